The molecule has 1 aromatic rings. The summed E-state index contributed by atoms with van der Waals surface area (Å²) in [6.45, 7) is 7.96. The van der Waals surface area contributed by atoms with Crippen molar-refractivity contribution in [3.63, 3.8) is 0 Å². The fourth-order valence-electron chi connectivity index (χ4n) is 2.34. The normalized spacial score (nSPS) is 23.2. The maximum atomic E-state index is 12.2. The highest BCUT2D eigenvalue weighted by Crippen LogP contribution is 2.12. The number of benzene rings is 1. The zero-order chi connectivity index (χ0) is 14.6. The Kier molecular flexibility index (Phi) is 4.91. The summed E-state index contributed by atoms with van der Waals surface area (Å²) in [6.07, 6.45) is -0.335. The van der Waals surface area contributed by atoms with Crippen molar-refractivity contribution < 1.29 is 9.53 Å². The summed E-state index contributed by atoms with van der Waals surface area (Å²) in [4.78, 5) is 12.2. The molecular formula is C16H24N2O2. The predicted octanol–water partition coefficient (Wildman–Crippen LogP) is 1.50. The van der Waals surface area contributed by atoms with Crippen LogP contribution >= 0.6 is 0 Å². The quantitative estimate of drug-likeness (QED) is 0.856. The molecule has 1 aliphatic rings. The molecule has 0 aromatic heterocycles. The van der Waals surface area contributed by atoms with Gasteiger partial charge >= 0.3 is 0 Å². The van der Waals surface area contributed by atoms with E-state index in [1.165, 1.54) is 5.56 Å². The molecule has 1 saturated heterocycles. The molecule has 0 aliphatic carbocycles. The van der Waals surface area contributed by atoms with Crippen LogP contribution in [-0.4, -0.2) is 36.6 Å². The van der Waals surface area contributed by atoms with Gasteiger partial charge in [-0.3, -0.25) is 4.79 Å². The monoisotopic (exact) mass is 276 g/mol. The molecule has 1 heterocycles. The van der Waals surface area contributed by atoms with Gasteiger partial charge in [-0.1, -0.05) is 30.3 Å². The van der Waals surface area contributed by atoms with E-state index in [2.05, 4.69) is 43.5 Å². The van der Waals surface area contributed by atoms with E-state index in [4.69, 9.17) is 4.74 Å². The third kappa shape index (κ3) is 4.40. The molecule has 0 saturated carbocycles. The smallest absolute Gasteiger partial charge is 0.182 e. The predicted molar refractivity (Wildman–Crippen MR) is 79.6 cm³/mol. The zero-order valence-corrected chi connectivity index (χ0v) is 12.5. The molecule has 2 atom stereocenters. The van der Waals surface area contributed by atoms with Crippen molar-refractivity contribution in [1.29, 1.82) is 0 Å². The van der Waals surface area contributed by atoms with Crippen LogP contribution in [0.15, 0.2) is 30.3 Å². The third-order valence-electron chi connectivity index (χ3n) is 3.23. The Bertz CT molecular complexity index is 440. The second kappa shape index (κ2) is 6.48. The molecule has 4 nitrogen and oxygen atoms in total. The summed E-state index contributed by atoms with van der Waals surface area (Å²) in [5.41, 5.74) is 1.14. The molecule has 2 rings (SSSR count). The fraction of sp³-hybridized carbons (Fsp3) is 0.562. The molecule has 20 heavy (non-hydrogen) atoms. The summed E-state index contributed by atoms with van der Waals surface area (Å²) in [5.74, 6) is 0.153. The summed E-state index contributed by atoms with van der Waals surface area (Å²) in [6, 6.07) is 9.96. The number of carbonyl (C=O) groups excluding carboxylic acids is 1. The van der Waals surface area contributed by atoms with Gasteiger partial charge in [-0.2, -0.15) is 0 Å². The van der Waals surface area contributed by atoms with Crippen LogP contribution in [0.5, 0.6) is 0 Å². The Morgan fingerprint density at radius 2 is 1.95 bits per heavy atom. The van der Waals surface area contributed by atoms with E-state index in [-0.39, 0.29) is 23.5 Å². The van der Waals surface area contributed by atoms with Gasteiger partial charge in [-0.25, -0.2) is 0 Å². The number of rotatable bonds is 5. The number of ketones is 1. The summed E-state index contributed by atoms with van der Waals surface area (Å²) in [5, 5.41) is 6.59. The minimum absolute atomic E-state index is 0.0734. The molecule has 4 heteroatoms. The Morgan fingerprint density at radius 3 is 2.60 bits per heavy atom. The Hall–Kier alpha value is -1.23. The summed E-state index contributed by atoms with van der Waals surface area (Å²) in [7, 11) is 0. The maximum Gasteiger partial charge on any atom is 0.182 e. The average molecular weight is 276 g/mol. The minimum Gasteiger partial charge on any atom is -0.367 e. The van der Waals surface area contributed by atoms with Gasteiger partial charge in [0.25, 0.3) is 0 Å². The van der Waals surface area contributed by atoms with Crippen molar-refractivity contribution in [2.75, 3.05) is 13.2 Å². The van der Waals surface area contributed by atoms with Gasteiger partial charge in [0, 0.05) is 18.6 Å². The van der Waals surface area contributed by atoms with Crippen molar-refractivity contribution in [3.05, 3.63) is 35.9 Å². The first-order valence-corrected chi connectivity index (χ1v) is 7.13. The van der Waals surface area contributed by atoms with Crippen molar-refractivity contribution in [3.8, 4) is 0 Å². The van der Waals surface area contributed by atoms with Crippen LogP contribution < -0.4 is 10.6 Å². The fourth-order valence-corrected chi connectivity index (χ4v) is 2.34. The van der Waals surface area contributed by atoms with Crippen molar-refractivity contribution in [1.82, 2.24) is 10.6 Å². The van der Waals surface area contributed by atoms with E-state index >= 15 is 0 Å². The number of Topliss-reactive ketones (excluding diaryl/α,β-unsaturated/α-hetero) is 1. The molecule has 0 radical (unpaired) electrons. The Morgan fingerprint density at radius 1 is 1.25 bits per heavy atom. The first-order valence-electron chi connectivity index (χ1n) is 7.13. The topological polar surface area (TPSA) is 50.4 Å². The lowest BCUT2D eigenvalue weighted by molar-refractivity contribution is -0.123. The largest absolute Gasteiger partial charge is 0.367 e. The molecule has 1 aliphatic heterocycles. The van der Waals surface area contributed by atoms with Crippen LogP contribution in [0.1, 0.15) is 26.3 Å². The number of nitrogens with one attached hydrogen (secondary N) is 2. The second-order valence-electron chi connectivity index (χ2n) is 6.29. The minimum atomic E-state index is -0.335. The van der Waals surface area contributed by atoms with E-state index in [9.17, 15) is 4.79 Å². The molecule has 110 valence electrons. The SMILES string of the molecule is CC(C)(C)NC1COC(CNCc2ccccc2)C1=O. The van der Waals surface area contributed by atoms with Crippen molar-refractivity contribution in [2.24, 2.45) is 0 Å². The molecule has 2 N–H and O–H groups in total. The zero-order valence-electron chi connectivity index (χ0n) is 12.5. The Labute approximate surface area is 120 Å². The van der Waals surface area contributed by atoms with Gasteiger partial charge in [-0.15, -0.1) is 0 Å². The first kappa shape index (κ1) is 15.2. The summed E-state index contributed by atoms with van der Waals surface area (Å²) < 4.78 is 5.59. The van der Waals surface area contributed by atoms with E-state index < -0.39 is 0 Å². The van der Waals surface area contributed by atoms with Crippen molar-refractivity contribution in [2.45, 2.75) is 45.0 Å². The highest BCUT2D eigenvalue weighted by Gasteiger charge is 2.36. The number of hydrogen-bond donors (Lipinski definition) is 2. The van der Waals surface area contributed by atoms with E-state index in [1.807, 2.05) is 18.2 Å². The van der Waals surface area contributed by atoms with E-state index in [0.29, 0.717) is 13.2 Å². The Balaban J connectivity index is 1.76. The molecular weight excluding hydrogens is 252 g/mol. The van der Waals surface area contributed by atoms with Gasteiger partial charge in [0.05, 0.1) is 12.6 Å². The van der Waals surface area contributed by atoms with E-state index in [0.717, 1.165) is 6.54 Å². The van der Waals surface area contributed by atoms with E-state index in [1.54, 1.807) is 0 Å². The second-order valence-corrected chi connectivity index (χ2v) is 6.29. The number of ether oxygens (including phenoxy) is 1. The first-order chi connectivity index (χ1) is 9.46. The van der Waals surface area contributed by atoms with Crippen LogP contribution in [0.3, 0.4) is 0 Å². The highest BCUT2D eigenvalue weighted by molar-refractivity contribution is 5.90. The lowest BCUT2D eigenvalue weighted by atomic mass is 10.0. The molecule has 1 fully saturated rings. The maximum absolute atomic E-state index is 12.2. The van der Waals surface area contributed by atoms with Gasteiger partial charge < -0.3 is 15.4 Å². The molecule has 1 aromatic carbocycles. The molecule has 0 spiro atoms. The summed E-state index contributed by atoms with van der Waals surface area (Å²) >= 11 is 0. The lowest BCUT2D eigenvalue weighted by Gasteiger charge is -2.24. The van der Waals surface area contributed by atoms with Crippen LogP contribution in [-0.2, 0) is 16.1 Å². The average Bonchev–Trinajstić information content (AvgIpc) is 2.71. The standard InChI is InChI=1S/C16H24N2O2/c1-16(2,3)18-13-11-20-14(15(13)19)10-17-9-12-7-5-4-6-8-12/h4-8,13-14,17-18H,9-11H2,1-3H3. The van der Waals surface area contributed by atoms with Gasteiger partial charge in [0.15, 0.2) is 5.78 Å². The van der Waals surface area contributed by atoms with Gasteiger partial charge in [0.2, 0.25) is 0 Å². The van der Waals surface area contributed by atoms with Crippen molar-refractivity contribution >= 4 is 5.78 Å². The van der Waals surface area contributed by atoms with Crippen LogP contribution in [0.25, 0.3) is 0 Å². The molecule has 0 bridgehead atoms. The highest BCUT2D eigenvalue weighted by atomic mass is 16.5. The van der Waals surface area contributed by atoms with Crippen LogP contribution in [0.2, 0.25) is 0 Å². The molecule has 0 amide bonds. The number of carbonyl (C=O) groups is 1. The number of hydrogen-bond acceptors (Lipinski definition) is 4. The third-order valence-corrected chi connectivity index (χ3v) is 3.23. The van der Waals surface area contributed by atoms with Gasteiger partial charge in [-0.05, 0) is 26.3 Å². The molecule has 2 unspecified atom stereocenters. The van der Waals surface area contributed by atoms with Crippen LogP contribution in [0.4, 0.5) is 0 Å². The van der Waals surface area contributed by atoms with Gasteiger partial charge in [0.1, 0.15) is 6.10 Å². The lowest BCUT2D eigenvalue weighted by Crippen LogP contribution is -2.48. The van der Waals surface area contributed by atoms with Crippen LogP contribution in [0, 0.1) is 0 Å².